The molecule has 0 aliphatic rings. The van der Waals surface area contributed by atoms with Crippen molar-refractivity contribution >= 4 is 11.9 Å². The lowest BCUT2D eigenvalue weighted by Gasteiger charge is -2.03. The van der Waals surface area contributed by atoms with Crippen molar-refractivity contribution in [3.8, 4) is 5.69 Å². The molecule has 4 heteroatoms. The van der Waals surface area contributed by atoms with Crippen LogP contribution < -0.4 is 0 Å². The minimum atomic E-state index is -0.0500. The van der Waals surface area contributed by atoms with E-state index in [0.29, 0.717) is 5.56 Å². The number of ketones is 1. The lowest BCUT2D eigenvalue weighted by Crippen LogP contribution is -2.01. The number of hydrogen-bond acceptors (Lipinski definition) is 3. The molecule has 0 spiro atoms. The molecule has 0 saturated carbocycles. The quantitative estimate of drug-likeness (QED) is 0.544. The predicted molar refractivity (Wildman–Crippen MR) is 90.6 cm³/mol. The van der Waals surface area contributed by atoms with E-state index in [-0.39, 0.29) is 5.78 Å². The van der Waals surface area contributed by atoms with Crippen LogP contribution in [-0.2, 0) is 0 Å². The standard InChI is InChI=1S/C19H17N3O/c1-14-19(18(23)11-10-16-7-6-12-20-13-16)15(2)22(21-14)17-8-4-3-5-9-17/h3-13H,1-2H3/b11-10+. The minimum absolute atomic E-state index is 0.0500. The number of pyridine rings is 1. The highest BCUT2D eigenvalue weighted by molar-refractivity contribution is 6.08. The Morgan fingerprint density at radius 1 is 1.09 bits per heavy atom. The van der Waals surface area contributed by atoms with Gasteiger partial charge in [0.25, 0.3) is 0 Å². The summed E-state index contributed by atoms with van der Waals surface area (Å²) in [5.74, 6) is -0.0500. The van der Waals surface area contributed by atoms with Gasteiger partial charge in [-0.2, -0.15) is 5.10 Å². The van der Waals surface area contributed by atoms with Crippen LogP contribution in [0.5, 0.6) is 0 Å². The summed E-state index contributed by atoms with van der Waals surface area (Å²) in [7, 11) is 0. The first kappa shape index (κ1) is 14.9. The molecule has 1 aromatic carbocycles. The maximum atomic E-state index is 12.5. The molecule has 0 fully saturated rings. The fourth-order valence-electron chi connectivity index (χ4n) is 2.55. The zero-order chi connectivity index (χ0) is 16.2. The number of hydrogen-bond donors (Lipinski definition) is 0. The van der Waals surface area contributed by atoms with Crippen LogP contribution in [0.15, 0.2) is 60.9 Å². The molecule has 3 aromatic rings. The lowest BCUT2D eigenvalue weighted by atomic mass is 10.1. The van der Waals surface area contributed by atoms with Gasteiger partial charge in [0, 0.05) is 12.4 Å². The van der Waals surface area contributed by atoms with Gasteiger partial charge in [-0.05, 0) is 49.8 Å². The molecule has 0 saturated heterocycles. The van der Waals surface area contributed by atoms with E-state index in [1.807, 2.05) is 56.3 Å². The number of rotatable bonds is 4. The third-order valence-electron chi connectivity index (χ3n) is 3.65. The molecule has 114 valence electrons. The Bertz CT molecular complexity index is 849. The van der Waals surface area contributed by atoms with Crippen LogP contribution in [0.3, 0.4) is 0 Å². The predicted octanol–water partition coefficient (Wildman–Crippen LogP) is 3.78. The smallest absolute Gasteiger partial charge is 0.189 e. The number of carbonyl (C=O) groups excluding carboxylic acids is 1. The number of benzene rings is 1. The Hall–Kier alpha value is -3.01. The highest BCUT2D eigenvalue weighted by Crippen LogP contribution is 2.19. The number of carbonyl (C=O) groups is 1. The van der Waals surface area contributed by atoms with Crippen molar-refractivity contribution in [2.24, 2.45) is 0 Å². The van der Waals surface area contributed by atoms with Crippen molar-refractivity contribution in [2.75, 3.05) is 0 Å². The van der Waals surface area contributed by atoms with E-state index < -0.39 is 0 Å². The first-order valence-electron chi connectivity index (χ1n) is 7.41. The Balaban J connectivity index is 1.93. The molecule has 0 unspecified atom stereocenters. The van der Waals surface area contributed by atoms with Gasteiger partial charge < -0.3 is 0 Å². The van der Waals surface area contributed by atoms with Gasteiger partial charge in [-0.25, -0.2) is 4.68 Å². The molecular weight excluding hydrogens is 286 g/mol. The van der Waals surface area contributed by atoms with Gasteiger partial charge in [-0.3, -0.25) is 9.78 Å². The monoisotopic (exact) mass is 303 g/mol. The van der Waals surface area contributed by atoms with Crippen molar-refractivity contribution in [2.45, 2.75) is 13.8 Å². The molecule has 23 heavy (non-hydrogen) atoms. The van der Waals surface area contributed by atoms with E-state index in [2.05, 4.69) is 10.1 Å². The second kappa shape index (κ2) is 6.40. The van der Waals surface area contributed by atoms with Gasteiger partial charge in [0.2, 0.25) is 0 Å². The summed E-state index contributed by atoms with van der Waals surface area (Å²) in [6, 6.07) is 13.6. The average molecular weight is 303 g/mol. The third-order valence-corrected chi connectivity index (χ3v) is 3.65. The maximum absolute atomic E-state index is 12.5. The Morgan fingerprint density at radius 2 is 1.87 bits per heavy atom. The molecule has 0 aliphatic heterocycles. The summed E-state index contributed by atoms with van der Waals surface area (Å²) in [6.45, 7) is 3.77. The lowest BCUT2D eigenvalue weighted by molar-refractivity contribution is 0.104. The van der Waals surface area contributed by atoms with Crippen LogP contribution in [-0.4, -0.2) is 20.5 Å². The van der Waals surface area contributed by atoms with E-state index >= 15 is 0 Å². The molecule has 0 atom stereocenters. The Kier molecular flexibility index (Phi) is 4.15. The number of para-hydroxylation sites is 1. The van der Waals surface area contributed by atoms with Crippen LogP contribution >= 0.6 is 0 Å². The molecule has 0 radical (unpaired) electrons. The summed E-state index contributed by atoms with van der Waals surface area (Å²) in [6.07, 6.45) is 6.77. The van der Waals surface area contributed by atoms with Crippen molar-refractivity contribution in [3.05, 3.63) is 83.4 Å². The van der Waals surface area contributed by atoms with E-state index in [4.69, 9.17) is 0 Å². The second-order valence-corrected chi connectivity index (χ2v) is 5.28. The normalized spacial score (nSPS) is 11.0. The summed E-state index contributed by atoms with van der Waals surface area (Å²) in [5.41, 5.74) is 4.06. The van der Waals surface area contributed by atoms with Gasteiger partial charge >= 0.3 is 0 Å². The topological polar surface area (TPSA) is 47.8 Å². The molecule has 2 aromatic heterocycles. The first-order chi connectivity index (χ1) is 11.2. The molecule has 2 heterocycles. The molecule has 0 amide bonds. The van der Waals surface area contributed by atoms with E-state index in [9.17, 15) is 4.79 Å². The van der Waals surface area contributed by atoms with Gasteiger partial charge in [-0.15, -0.1) is 0 Å². The molecule has 0 aliphatic carbocycles. The maximum Gasteiger partial charge on any atom is 0.189 e. The van der Waals surface area contributed by atoms with Gasteiger partial charge in [0.05, 0.1) is 22.6 Å². The zero-order valence-corrected chi connectivity index (χ0v) is 13.1. The van der Waals surface area contributed by atoms with Crippen LogP contribution in [0.2, 0.25) is 0 Å². The van der Waals surface area contributed by atoms with Crippen LogP contribution in [0.4, 0.5) is 0 Å². The van der Waals surface area contributed by atoms with Crippen molar-refractivity contribution in [1.29, 1.82) is 0 Å². The molecule has 4 nitrogen and oxygen atoms in total. The van der Waals surface area contributed by atoms with Crippen LogP contribution in [0.1, 0.15) is 27.3 Å². The fourth-order valence-corrected chi connectivity index (χ4v) is 2.55. The number of nitrogens with zero attached hydrogens (tertiary/aromatic N) is 3. The van der Waals surface area contributed by atoms with Crippen molar-refractivity contribution in [3.63, 3.8) is 0 Å². The van der Waals surface area contributed by atoms with Crippen LogP contribution in [0.25, 0.3) is 11.8 Å². The molecule has 3 rings (SSSR count). The summed E-state index contributed by atoms with van der Waals surface area (Å²) in [5, 5.41) is 4.51. The van der Waals surface area contributed by atoms with E-state index in [1.165, 1.54) is 0 Å². The Morgan fingerprint density at radius 3 is 2.57 bits per heavy atom. The first-order valence-corrected chi connectivity index (χ1v) is 7.41. The average Bonchev–Trinajstić information content (AvgIpc) is 2.89. The highest BCUT2D eigenvalue weighted by Gasteiger charge is 2.17. The molecular formula is C19H17N3O. The van der Waals surface area contributed by atoms with E-state index in [0.717, 1.165) is 22.6 Å². The Labute approximate surface area is 135 Å². The third kappa shape index (κ3) is 3.11. The van der Waals surface area contributed by atoms with Gasteiger partial charge in [0.15, 0.2) is 5.78 Å². The van der Waals surface area contributed by atoms with Crippen molar-refractivity contribution < 1.29 is 4.79 Å². The summed E-state index contributed by atoms with van der Waals surface area (Å²) >= 11 is 0. The molecule has 0 bridgehead atoms. The minimum Gasteiger partial charge on any atom is -0.289 e. The summed E-state index contributed by atoms with van der Waals surface area (Å²) in [4.78, 5) is 16.6. The van der Waals surface area contributed by atoms with Gasteiger partial charge in [0.1, 0.15) is 0 Å². The SMILES string of the molecule is Cc1nn(-c2ccccc2)c(C)c1C(=O)/C=C/c1cccnc1. The zero-order valence-electron chi connectivity index (χ0n) is 13.1. The highest BCUT2D eigenvalue weighted by atomic mass is 16.1. The second-order valence-electron chi connectivity index (χ2n) is 5.28. The molecule has 0 N–H and O–H groups in total. The fraction of sp³-hybridized carbons (Fsp3) is 0.105. The van der Waals surface area contributed by atoms with Crippen LogP contribution in [0, 0.1) is 13.8 Å². The number of allylic oxidation sites excluding steroid dienone is 1. The summed E-state index contributed by atoms with van der Waals surface area (Å²) < 4.78 is 1.81. The number of aromatic nitrogens is 3. The van der Waals surface area contributed by atoms with Crippen molar-refractivity contribution in [1.82, 2.24) is 14.8 Å². The number of aryl methyl sites for hydroxylation is 1. The largest absolute Gasteiger partial charge is 0.289 e. The van der Waals surface area contributed by atoms with E-state index in [1.54, 1.807) is 29.2 Å². The van der Waals surface area contributed by atoms with Gasteiger partial charge in [-0.1, -0.05) is 24.3 Å².